The summed E-state index contributed by atoms with van der Waals surface area (Å²) in [4.78, 5) is 9.44. The number of nitrogen functional groups attached to an aromatic ring is 1. The maximum atomic E-state index is 5.51. The van der Waals surface area contributed by atoms with Crippen molar-refractivity contribution in [1.82, 2.24) is 14.8 Å². The highest BCUT2D eigenvalue weighted by atomic mass is 15.3. The molecule has 2 fully saturated rings. The number of pyridine rings is 1. The third kappa shape index (κ3) is 2.88. The number of hydrogen-bond donors (Lipinski definition) is 2. The second kappa shape index (κ2) is 5.86. The van der Waals surface area contributed by atoms with Crippen LogP contribution in [0.25, 0.3) is 0 Å². The van der Waals surface area contributed by atoms with Crippen molar-refractivity contribution in [3.05, 3.63) is 23.9 Å². The van der Waals surface area contributed by atoms with Gasteiger partial charge < -0.3 is 5.43 Å². The van der Waals surface area contributed by atoms with Crippen molar-refractivity contribution in [2.75, 3.05) is 31.6 Å². The van der Waals surface area contributed by atoms with Gasteiger partial charge in [-0.15, -0.1) is 0 Å². The quantitative estimate of drug-likeness (QED) is 0.626. The largest absolute Gasteiger partial charge is 0.308 e. The number of hydrazine groups is 1. The van der Waals surface area contributed by atoms with E-state index in [-0.39, 0.29) is 0 Å². The van der Waals surface area contributed by atoms with Crippen LogP contribution in [-0.4, -0.2) is 47.0 Å². The molecule has 1 aromatic rings. The molecule has 1 atom stereocenters. The van der Waals surface area contributed by atoms with E-state index < -0.39 is 0 Å². The number of anilines is 1. The van der Waals surface area contributed by atoms with E-state index in [4.69, 9.17) is 5.84 Å². The SMILES string of the molecule is NNc1ncccc1CN1CCC(N2CCCC2)C1. The van der Waals surface area contributed by atoms with E-state index in [1.54, 1.807) is 6.20 Å². The summed E-state index contributed by atoms with van der Waals surface area (Å²) in [6, 6.07) is 4.84. The minimum Gasteiger partial charge on any atom is -0.308 e. The summed E-state index contributed by atoms with van der Waals surface area (Å²) >= 11 is 0. The number of nitrogens with zero attached hydrogens (tertiary/aromatic N) is 3. The van der Waals surface area contributed by atoms with Crippen molar-refractivity contribution in [3.63, 3.8) is 0 Å². The molecule has 3 rings (SSSR count). The number of aromatic nitrogens is 1. The molecular weight excluding hydrogens is 238 g/mol. The lowest BCUT2D eigenvalue weighted by atomic mass is 10.2. The van der Waals surface area contributed by atoms with Gasteiger partial charge >= 0.3 is 0 Å². The van der Waals surface area contributed by atoms with Gasteiger partial charge in [0, 0.05) is 37.4 Å². The van der Waals surface area contributed by atoms with Crippen molar-refractivity contribution in [2.45, 2.75) is 31.8 Å². The lowest BCUT2D eigenvalue weighted by Gasteiger charge is -2.24. The summed E-state index contributed by atoms with van der Waals surface area (Å²) in [7, 11) is 0. The fourth-order valence-corrected chi connectivity index (χ4v) is 3.30. The zero-order valence-corrected chi connectivity index (χ0v) is 11.4. The van der Waals surface area contributed by atoms with Crippen LogP contribution < -0.4 is 11.3 Å². The molecular formula is C14H23N5. The van der Waals surface area contributed by atoms with Gasteiger partial charge in [0.05, 0.1) is 0 Å². The Morgan fingerprint density at radius 3 is 2.95 bits per heavy atom. The van der Waals surface area contributed by atoms with Crippen molar-refractivity contribution in [1.29, 1.82) is 0 Å². The first-order valence-corrected chi connectivity index (χ1v) is 7.24. The minimum atomic E-state index is 0.758. The number of nitrogens with two attached hydrogens (primary N) is 1. The van der Waals surface area contributed by atoms with Crippen molar-refractivity contribution >= 4 is 5.82 Å². The van der Waals surface area contributed by atoms with E-state index in [1.807, 2.05) is 6.07 Å². The second-order valence-electron chi connectivity index (χ2n) is 5.58. The number of nitrogens with one attached hydrogen (secondary N) is 1. The predicted molar refractivity (Wildman–Crippen MR) is 76.5 cm³/mol. The second-order valence-corrected chi connectivity index (χ2v) is 5.58. The Morgan fingerprint density at radius 1 is 1.32 bits per heavy atom. The van der Waals surface area contributed by atoms with Gasteiger partial charge in [0.1, 0.15) is 5.82 Å². The van der Waals surface area contributed by atoms with Crippen LogP contribution in [0.5, 0.6) is 0 Å². The first kappa shape index (κ1) is 12.8. The van der Waals surface area contributed by atoms with Crippen LogP contribution in [0.4, 0.5) is 5.82 Å². The smallest absolute Gasteiger partial charge is 0.144 e. The van der Waals surface area contributed by atoms with E-state index in [0.717, 1.165) is 18.4 Å². The molecule has 5 nitrogen and oxygen atoms in total. The molecule has 2 aliphatic heterocycles. The van der Waals surface area contributed by atoms with Gasteiger partial charge in [-0.2, -0.15) is 0 Å². The molecule has 0 amide bonds. The van der Waals surface area contributed by atoms with Gasteiger partial charge in [0.25, 0.3) is 0 Å². The summed E-state index contributed by atoms with van der Waals surface area (Å²) in [5, 5.41) is 0. The Kier molecular flexibility index (Phi) is 3.96. The molecule has 3 N–H and O–H groups in total. The molecule has 0 aliphatic carbocycles. The van der Waals surface area contributed by atoms with E-state index >= 15 is 0 Å². The number of rotatable bonds is 4. The van der Waals surface area contributed by atoms with Crippen LogP contribution in [0, 0.1) is 0 Å². The standard InChI is InChI=1S/C14H23N5/c15-17-14-12(4-3-6-16-14)10-18-9-5-13(11-18)19-7-1-2-8-19/h3-4,6,13H,1-2,5,7-11,15H2,(H,16,17). The van der Waals surface area contributed by atoms with Crippen molar-refractivity contribution < 1.29 is 0 Å². The summed E-state index contributed by atoms with van der Waals surface area (Å²) < 4.78 is 0. The summed E-state index contributed by atoms with van der Waals surface area (Å²) in [6.07, 6.45) is 5.82. The molecule has 3 heterocycles. The van der Waals surface area contributed by atoms with Crippen LogP contribution in [0.1, 0.15) is 24.8 Å². The summed E-state index contributed by atoms with van der Waals surface area (Å²) in [6.45, 7) is 5.89. The van der Waals surface area contributed by atoms with Gasteiger partial charge in [-0.1, -0.05) is 6.07 Å². The normalized spacial score (nSPS) is 25.0. The molecule has 104 valence electrons. The highest BCUT2D eigenvalue weighted by Gasteiger charge is 2.29. The Bertz CT molecular complexity index is 416. The first-order valence-electron chi connectivity index (χ1n) is 7.24. The van der Waals surface area contributed by atoms with E-state index in [1.165, 1.54) is 51.0 Å². The number of hydrogen-bond acceptors (Lipinski definition) is 5. The van der Waals surface area contributed by atoms with Gasteiger partial charge in [0.15, 0.2) is 0 Å². The zero-order chi connectivity index (χ0) is 13.1. The van der Waals surface area contributed by atoms with E-state index in [0.29, 0.717) is 0 Å². The molecule has 5 heteroatoms. The molecule has 0 radical (unpaired) electrons. The Hall–Kier alpha value is -1.17. The highest BCUT2D eigenvalue weighted by molar-refractivity contribution is 5.42. The molecule has 0 bridgehead atoms. The molecule has 0 aromatic carbocycles. The van der Waals surface area contributed by atoms with Gasteiger partial charge in [-0.25, -0.2) is 10.8 Å². The third-order valence-electron chi connectivity index (χ3n) is 4.33. The average molecular weight is 261 g/mol. The maximum Gasteiger partial charge on any atom is 0.144 e. The van der Waals surface area contributed by atoms with E-state index in [9.17, 15) is 0 Å². The van der Waals surface area contributed by atoms with Gasteiger partial charge in [-0.3, -0.25) is 9.80 Å². The lowest BCUT2D eigenvalue weighted by Crippen LogP contribution is -2.35. The van der Waals surface area contributed by atoms with Crippen LogP contribution in [0.2, 0.25) is 0 Å². The molecule has 2 aliphatic rings. The van der Waals surface area contributed by atoms with E-state index in [2.05, 4.69) is 26.3 Å². The molecule has 1 unspecified atom stereocenters. The van der Waals surface area contributed by atoms with Gasteiger partial charge in [-0.05, 0) is 38.4 Å². The predicted octanol–water partition coefficient (Wildman–Crippen LogP) is 1.04. The van der Waals surface area contributed by atoms with Gasteiger partial charge in [0.2, 0.25) is 0 Å². The fraction of sp³-hybridized carbons (Fsp3) is 0.643. The maximum absolute atomic E-state index is 5.51. The van der Waals surface area contributed by atoms with Crippen molar-refractivity contribution in [3.8, 4) is 0 Å². The first-order chi connectivity index (χ1) is 9.36. The summed E-state index contributed by atoms with van der Waals surface area (Å²) in [5.41, 5.74) is 3.87. The van der Waals surface area contributed by atoms with Crippen molar-refractivity contribution in [2.24, 2.45) is 5.84 Å². The molecule has 19 heavy (non-hydrogen) atoms. The topological polar surface area (TPSA) is 57.4 Å². The zero-order valence-electron chi connectivity index (χ0n) is 11.4. The summed E-state index contributed by atoms with van der Waals surface area (Å²) in [5.74, 6) is 6.31. The molecule has 0 spiro atoms. The monoisotopic (exact) mass is 261 g/mol. The lowest BCUT2D eigenvalue weighted by molar-refractivity contribution is 0.230. The van der Waals surface area contributed by atoms with Crippen LogP contribution >= 0.6 is 0 Å². The van der Waals surface area contributed by atoms with Crippen LogP contribution in [0.15, 0.2) is 18.3 Å². The molecule has 0 saturated carbocycles. The molecule has 2 saturated heterocycles. The number of likely N-dealkylation sites (tertiary alicyclic amines) is 2. The van der Waals surface area contributed by atoms with Crippen LogP contribution in [-0.2, 0) is 6.54 Å². The average Bonchev–Trinajstić information content (AvgIpc) is 3.09. The Labute approximate surface area is 114 Å². The molecule has 1 aromatic heterocycles. The third-order valence-corrected chi connectivity index (χ3v) is 4.33. The Morgan fingerprint density at radius 2 is 2.16 bits per heavy atom. The Balaban J connectivity index is 1.59. The minimum absolute atomic E-state index is 0.758. The fourth-order valence-electron chi connectivity index (χ4n) is 3.30. The van der Waals surface area contributed by atoms with Crippen LogP contribution in [0.3, 0.4) is 0 Å². The highest BCUT2D eigenvalue weighted by Crippen LogP contribution is 2.23.